The van der Waals surface area contributed by atoms with Crippen molar-refractivity contribution >= 4 is 23.0 Å². The van der Waals surface area contributed by atoms with Crippen LogP contribution in [0.3, 0.4) is 0 Å². The SMILES string of the molecule is O=C(O)c1sccc1Oc1ccc([N+](=O)[O-])cc1. The summed E-state index contributed by atoms with van der Waals surface area (Å²) in [4.78, 5) is 20.9. The molecule has 1 heterocycles. The highest BCUT2D eigenvalue weighted by Gasteiger charge is 2.14. The van der Waals surface area contributed by atoms with Crippen molar-refractivity contribution in [3.63, 3.8) is 0 Å². The van der Waals surface area contributed by atoms with Crippen LogP contribution in [0.2, 0.25) is 0 Å². The molecule has 18 heavy (non-hydrogen) atoms. The highest BCUT2D eigenvalue weighted by atomic mass is 32.1. The standard InChI is InChI=1S/C11H7NO5S/c13-11(14)10-9(5-6-18-10)17-8-3-1-7(2-4-8)12(15)16/h1-6H,(H,13,14). The molecule has 0 amide bonds. The van der Waals surface area contributed by atoms with Gasteiger partial charge in [0.25, 0.3) is 5.69 Å². The van der Waals surface area contributed by atoms with Crippen molar-refractivity contribution in [1.82, 2.24) is 0 Å². The number of non-ortho nitro benzene ring substituents is 1. The van der Waals surface area contributed by atoms with Crippen molar-refractivity contribution in [2.75, 3.05) is 0 Å². The van der Waals surface area contributed by atoms with Crippen LogP contribution in [0, 0.1) is 10.1 Å². The Balaban J connectivity index is 2.21. The molecule has 0 saturated heterocycles. The predicted octanol–water partition coefficient (Wildman–Crippen LogP) is 3.15. The van der Waals surface area contributed by atoms with Gasteiger partial charge in [0.15, 0.2) is 10.6 Å². The minimum atomic E-state index is -1.07. The molecule has 2 aromatic rings. The molecule has 0 unspecified atom stereocenters. The molecule has 0 aliphatic carbocycles. The quantitative estimate of drug-likeness (QED) is 0.677. The van der Waals surface area contributed by atoms with E-state index in [4.69, 9.17) is 9.84 Å². The second-order valence-corrected chi connectivity index (χ2v) is 4.19. The molecule has 0 spiro atoms. The van der Waals surface area contributed by atoms with Gasteiger partial charge < -0.3 is 9.84 Å². The van der Waals surface area contributed by atoms with Crippen LogP contribution in [0.4, 0.5) is 5.69 Å². The third-order valence-corrected chi connectivity index (χ3v) is 2.98. The van der Waals surface area contributed by atoms with E-state index in [-0.39, 0.29) is 16.3 Å². The molecule has 1 aromatic heterocycles. The number of carboxylic acids is 1. The lowest BCUT2D eigenvalue weighted by atomic mass is 10.3. The fraction of sp³-hybridized carbons (Fsp3) is 0. The van der Waals surface area contributed by atoms with E-state index >= 15 is 0 Å². The number of hydrogen-bond acceptors (Lipinski definition) is 5. The zero-order valence-electron chi connectivity index (χ0n) is 8.90. The highest BCUT2D eigenvalue weighted by molar-refractivity contribution is 7.12. The summed E-state index contributed by atoms with van der Waals surface area (Å²) in [6.45, 7) is 0. The molecule has 0 atom stereocenters. The summed E-state index contributed by atoms with van der Waals surface area (Å²) in [5.41, 5.74) is -0.0499. The average Bonchev–Trinajstić information content (AvgIpc) is 2.78. The van der Waals surface area contributed by atoms with Crippen molar-refractivity contribution in [1.29, 1.82) is 0 Å². The van der Waals surface area contributed by atoms with E-state index in [0.717, 1.165) is 11.3 Å². The van der Waals surface area contributed by atoms with E-state index in [9.17, 15) is 14.9 Å². The Morgan fingerprint density at radius 3 is 2.50 bits per heavy atom. The molecule has 0 saturated carbocycles. The summed E-state index contributed by atoms with van der Waals surface area (Å²) in [6.07, 6.45) is 0. The first-order chi connectivity index (χ1) is 8.58. The molecule has 1 N–H and O–H groups in total. The third kappa shape index (κ3) is 2.46. The molecule has 92 valence electrons. The Morgan fingerprint density at radius 1 is 1.28 bits per heavy atom. The summed E-state index contributed by atoms with van der Waals surface area (Å²) in [6, 6.07) is 6.96. The second-order valence-electron chi connectivity index (χ2n) is 3.27. The normalized spacial score (nSPS) is 10.0. The molecular formula is C11H7NO5S. The molecule has 0 aliphatic heterocycles. The van der Waals surface area contributed by atoms with E-state index < -0.39 is 10.9 Å². The first-order valence-electron chi connectivity index (χ1n) is 4.81. The molecule has 0 fully saturated rings. The molecule has 0 radical (unpaired) electrons. The summed E-state index contributed by atoms with van der Waals surface area (Å²) in [7, 11) is 0. The van der Waals surface area contributed by atoms with Gasteiger partial charge in [-0.2, -0.15) is 0 Å². The maximum absolute atomic E-state index is 10.9. The number of nitrogens with zero attached hydrogens (tertiary/aromatic N) is 1. The maximum Gasteiger partial charge on any atom is 0.349 e. The van der Waals surface area contributed by atoms with Gasteiger partial charge in [-0.15, -0.1) is 11.3 Å². The lowest BCUT2D eigenvalue weighted by molar-refractivity contribution is -0.384. The zero-order chi connectivity index (χ0) is 13.1. The number of rotatable bonds is 4. The number of carbonyl (C=O) groups is 1. The number of ether oxygens (including phenoxy) is 1. The minimum Gasteiger partial charge on any atom is -0.477 e. The van der Waals surface area contributed by atoms with Crippen molar-refractivity contribution in [2.45, 2.75) is 0 Å². The molecule has 0 aliphatic rings. The summed E-state index contributed by atoms with van der Waals surface area (Å²) < 4.78 is 5.35. The van der Waals surface area contributed by atoms with E-state index in [1.807, 2.05) is 0 Å². The zero-order valence-corrected chi connectivity index (χ0v) is 9.72. The number of benzene rings is 1. The molecule has 7 heteroatoms. The lowest BCUT2D eigenvalue weighted by Gasteiger charge is -2.04. The number of aromatic carboxylic acids is 1. The van der Waals surface area contributed by atoms with Gasteiger partial charge in [0.1, 0.15) is 5.75 Å². The van der Waals surface area contributed by atoms with E-state index in [1.165, 1.54) is 30.3 Å². The first kappa shape index (κ1) is 12.1. The number of thiophene rings is 1. The van der Waals surface area contributed by atoms with Crippen LogP contribution in [0.1, 0.15) is 9.67 Å². The Hall–Kier alpha value is -2.41. The van der Waals surface area contributed by atoms with E-state index in [1.54, 1.807) is 5.38 Å². The van der Waals surface area contributed by atoms with Gasteiger partial charge in [-0.05, 0) is 23.6 Å². The van der Waals surface area contributed by atoms with Crippen molar-refractivity contribution in [2.24, 2.45) is 0 Å². The van der Waals surface area contributed by atoms with Gasteiger partial charge in [0, 0.05) is 12.1 Å². The van der Waals surface area contributed by atoms with Crippen molar-refractivity contribution in [3.8, 4) is 11.5 Å². The maximum atomic E-state index is 10.9. The van der Waals surface area contributed by atoms with Gasteiger partial charge in [-0.25, -0.2) is 4.79 Å². The number of nitro benzene ring substituents is 1. The van der Waals surface area contributed by atoms with Crippen molar-refractivity contribution in [3.05, 3.63) is 50.7 Å². The van der Waals surface area contributed by atoms with Crippen LogP contribution in [-0.4, -0.2) is 16.0 Å². The second kappa shape index (κ2) is 4.84. The van der Waals surface area contributed by atoms with Gasteiger partial charge in [0.2, 0.25) is 0 Å². The van der Waals surface area contributed by atoms with Crippen molar-refractivity contribution < 1.29 is 19.6 Å². The number of carboxylic acid groups (broad SMARTS) is 1. The predicted molar refractivity (Wildman–Crippen MR) is 64.4 cm³/mol. The summed E-state index contributed by atoms with van der Waals surface area (Å²) in [5, 5.41) is 21.0. The molecule has 0 bridgehead atoms. The van der Waals surface area contributed by atoms with Crippen LogP contribution >= 0.6 is 11.3 Å². The Morgan fingerprint density at radius 2 is 1.94 bits per heavy atom. The highest BCUT2D eigenvalue weighted by Crippen LogP contribution is 2.30. The largest absolute Gasteiger partial charge is 0.477 e. The molecular weight excluding hydrogens is 258 g/mol. The minimum absolute atomic E-state index is 0.0499. The van der Waals surface area contributed by atoms with E-state index in [2.05, 4.69) is 0 Å². The van der Waals surface area contributed by atoms with Gasteiger partial charge in [-0.1, -0.05) is 0 Å². The topological polar surface area (TPSA) is 89.7 Å². The Labute approximate surface area is 105 Å². The first-order valence-corrected chi connectivity index (χ1v) is 5.69. The van der Waals surface area contributed by atoms with Gasteiger partial charge in [0.05, 0.1) is 4.92 Å². The van der Waals surface area contributed by atoms with Crippen LogP contribution in [-0.2, 0) is 0 Å². The number of nitro groups is 1. The average molecular weight is 265 g/mol. The fourth-order valence-corrected chi connectivity index (χ4v) is 1.95. The smallest absolute Gasteiger partial charge is 0.349 e. The monoisotopic (exact) mass is 265 g/mol. The van der Waals surface area contributed by atoms with Crippen LogP contribution in [0.15, 0.2) is 35.7 Å². The summed E-state index contributed by atoms with van der Waals surface area (Å²) in [5.74, 6) is -0.496. The Kier molecular flexibility index (Phi) is 3.24. The molecule has 2 rings (SSSR count). The lowest BCUT2D eigenvalue weighted by Crippen LogP contribution is -1.95. The van der Waals surface area contributed by atoms with Crippen LogP contribution in [0.25, 0.3) is 0 Å². The molecule has 1 aromatic carbocycles. The fourth-order valence-electron chi connectivity index (χ4n) is 1.30. The summed E-state index contributed by atoms with van der Waals surface area (Å²) >= 11 is 1.05. The third-order valence-electron chi connectivity index (χ3n) is 2.10. The van der Waals surface area contributed by atoms with Crippen LogP contribution in [0.5, 0.6) is 11.5 Å². The van der Waals surface area contributed by atoms with Crippen LogP contribution < -0.4 is 4.74 Å². The van der Waals surface area contributed by atoms with E-state index in [0.29, 0.717) is 5.75 Å². The molecule has 6 nitrogen and oxygen atoms in total. The number of hydrogen-bond donors (Lipinski definition) is 1. The Bertz CT molecular complexity index is 590. The van der Waals surface area contributed by atoms with Gasteiger partial charge in [-0.3, -0.25) is 10.1 Å². The van der Waals surface area contributed by atoms with Gasteiger partial charge >= 0.3 is 5.97 Å².